The van der Waals surface area contributed by atoms with E-state index >= 15 is 0 Å². The van der Waals surface area contributed by atoms with Crippen LogP contribution in [0.15, 0.2) is 24.3 Å². The van der Waals surface area contributed by atoms with Crippen molar-refractivity contribution in [1.29, 1.82) is 0 Å². The summed E-state index contributed by atoms with van der Waals surface area (Å²) in [5.74, 6) is 1.13. The molecular weight excluding hydrogens is 286 g/mol. The van der Waals surface area contributed by atoms with Crippen LogP contribution in [0.2, 0.25) is 0 Å². The summed E-state index contributed by atoms with van der Waals surface area (Å²) >= 11 is 4.98. The molecule has 0 radical (unpaired) electrons. The first kappa shape index (κ1) is 15.1. The van der Waals surface area contributed by atoms with Gasteiger partial charge in [0.1, 0.15) is 22.7 Å². The molecule has 21 heavy (non-hydrogen) atoms. The number of hydrogen-bond acceptors (Lipinski definition) is 4. The number of amides is 1. The van der Waals surface area contributed by atoms with E-state index in [1.165, 1.54) is 0 Å². The molecule has 1 aromatic carbocycles. The van der Waals surface area contributed by atoms with Gasteiger partial charge in [-0.3, -0.25) is 4.79 Å². The van der Waals surface area contributed by atoms with Gasteiger partial charge in [-0.1, -0.05) is 24.4 Å². The minimum absolute atomic E-state index is 0.202. The molecule has 2 rings (SSSR count). The number of anilines is 1. The largest absolute Gasteiger partial charge is 0.389 e. The molecule has 0 bridgehead atoms. The van der Waals surface area contributed by atoms with E-state index < -0.39 is 6.04 Å². The van der Waals surface area contributed by atoms with Crippen LogP contribution in [0.1, 0.15) is 30.2 Å². The van der Waals surface area contributed by atoms with Crippen molar-refractivity contribution in [3.05, 3.63) is 41.5 Å². The molecule has 0 saturated carbocycles. The van der Waals surface area contributed by atoms with Crippen molar-refractivity contribution in [1.82, 2.24) is 14.8 Å². The second-order valence-corrected chi connectivity index (χ2v) is 5.17. The van der Waals surface area contributed by atoms with Gasteiger partial charge >= 0.3 is 0 Å². The summed E-state index contributed by atoms with van der Waals surface area (Å²) in [7, 11) is 0. The van der Waals surface area contributed by atoms with Gasteiger partial charge in [-0.15, -0.1) is 0 Å². The Balaban J connectivity index is 2.22. The van der Waals surface area contributed by atoms with Crippen molar-refractivity contribution in [2.24, 2.45) is 5.73 Å². The highest BCUT2D eigenvalue weighted by Crippen LogP contribution is 2.17. The lowest BCUT2D eigenvalue weighted by atomic mass is 10.1. The first-order valence-corrected chi connectivity index (χ1v) is 6.90. The maximum atomic E-state index is 12.4. The number of aromatic nitrogens is 3. The second-order valence-electron chi connectivity index (χ2n) is 4.73. The standard InChI is InChI=1S/C14H17N5OS/c1-8(19-10(3)16-9(2)18-19)14(20)17-12-7-5-4-6-11(12)13(15)21/h4-8H,1-3H3,(H2,15,21)(H,17,20). The fourth-order valence-electron chi connectivity index (χ4n) is 2.06. The number of carbonyl (C=O) groups excluding carboxylic acids is 1. The van der Waals surface area contributed by atoms with Crippen LogP contribution < -0.4 is 11.1 Å². The third-order valence-electron chi connectivity index (χ3n) is 3.10. The van der Waals surface area contributed by atoms with Gasteiger partial charge in [0.2, 0.25) is 5.91 Å². The van der Waals surface area contributed by atoms with Gasteiger partial charge in [0.15, 0.2) is 0 Å². The van der Waals surface area contributed by atoms with Gasteiger partial charge in [-0.2, -0.15) is 5.10 Å². The lowest BCUT2D eigenvalue weighted by Gasteiger charge is -2.15. The molecule has 0 aliphatic carbocycles. The van der Waals surface area contributed by atoms with Crippen LogP contribution in [0, 0.1) is 13.8 Å². The van der Waals surface area contributed by atoms with E-state index in [0.717, 1.165) is 0 Å². The summed E-state index contributed by atoms with van der Waals surface area (Å²) in [6.45, 7) is 5.36. The van der Waals surface area contributed by atoms with Crippen LogP contribution in [0.4, 0.5) is 5.69 Å². The molecule has 110 valence electrons. The predicted molar refractivity (Wildman–Crippen MR) is 85.2 cm³/mol. The number of carbonyl (C=O) groups is 1. The Morgan fingerprint density at radius 3 is 2.62 bits per heavy atom. The summed E-state index contributed by atoms with van der Waals surface area (Å²) in [4.78, 5) is 16.8. The zero-order valence-corrected chi connectivity index (χ0v) is 12.9. The number of hydrogen-bond donors (Lipinski definition) is 2. The average Bonchev–Trinajstić information content (AvgIpc) is 2.77. The maximum absolute atomic E-state index is 12.4. The quantitative estimate of drug-likeness (QED) is 0.840. The van der Waals surface area contributed by atoms with E-state index in [1.54, 1.807) is 30.7 Å². The molecule has 3 N–H and O–H groups in total. The van der Waals surface area contributed by atoms with Crippen molar-refractivity contribution in [2.45, 2.75) is 26.8 Å². The van der Waals surface area contributed by atoms with Crippen LogP contribution in [0.5, 0.6) is 0 Å². The highest BCUT2D eigenvalue weighted by molar-refractivity contribution is 7.80. The Bertz CT molecular complexity index is 694. The minimum Gasteiger partial charge on any atom is -0.389 e. The minimum atomic E-state index is -0.481. The predicted octanol–water partition coefficient (Wildman–Crippen LogP) is 1.73. The number of thiocarbonyl (C=S) groups is 1. The lowest BCUT2D eigenvalue weighted by molar-refractivity contribution is -0.119. The molecule has 1 heterocycles. The first-order valence-electron chi connectivity index (χ1n) is 6.49. The molecule has 0 aliphatic rings. The molecule has 0 fully saturated rings. The van der Waals surface area contributed by atoms with E-state index in [1.807, 2.05) is 19.1 Å². The van der Waals surface area contributed by atoms with Gasteiger partial charge in [0.25, 0.3) is 0 Å². The maximum Gasteiger partial charge on any atom is 0.249 e. The molecule has 0 saturated heterocycles. The molecule has 1 atom stereocenters. The van der Waals surface area contributed by atoms with Crippen LogP contribution in [0.3, 0.4) is 0 Å². The summed E-state index contributed by atoms with van der Waals surface area (Å²) in [5.41, 5.74) is 6.89. The molecule has 0 spiro atoms. The Hall–Kier alpha value is -2.28. The van der Waals surface area contributed by atoms with Crippen molar-refractivity contribution >= 4 is 28.8 Å². The molecule has 1 amide bonds. The van der Waals surface area contributed by atoms with Crippen molar-refractivity contribution in [3.63, 3.8) is 0 Å². The highest BCUT2D eigenvalue weighted by Gasteiger charge is 2.19. The smallest absolute Gasteiger partial charge is 0.249 e. The first-order chi connectivity index (χ1) is 9.90. The fourth-order valence-corrected chi connectivity index (χ4v) is 2.24. The van der Waals surface area contributed by atoms with Gasteiger partial charge < -0.3 is 11.1 Å². The number of para-hydroxylation sites is 1. The summed E-state index contributed by atoms with van der Waals surface area (Å²) in [5, 5.41) is 7.06. The molecule has 0 aliphatic heterocycles. The number of rotatable bonds is 4. The SMILES string of the molecule is Cc1nc(C)n(C(C)C(=O)Nc2ccccc2C(N)=S)n1. The van der Waals surface area contributed by atoms with Gasteiger partial charge in [-0.25, -0.2) is 9.67 Å². The fraction of sp³-hybridized carbons (Fsp3) is 0.286. The van der Waals surface area contributed by atoms with Gasteiger partial charge in [-0.05, 0) is 32.9 Å². The van der Waals surface area contributed by atoms with E-state index in [9.17, 15) is 4.79 Å². The highest BCUT2D eigenvalue weighted by atomic mass is 32.1. The molecule has 2 aromatic rings. The van der Waals surface area contributed by atoms with Crippen LogP contribution in [-0.2, 0) is 4.79 Å². The van der Waals surface area contributed by atoms with Gasteiger partial charge in [0, 0.05) is 5.56 Å². The number of nitrogens with zero attached hydrogens (tertiary/aromatic N) is 3. The molecule has 6 nitrogen and oxygen atoms in total. The van der Waals surface area contributed by atoms with E-state index in [0.29, 0.717) is 22.9 Å². The Morgan fingerprint density at radius 2 is 2.05 bits per heavy atom. The zero-order chi connectivity index (χ0) is 15.6. The molecule has 1 aromatic heterocycles. The molecular formula is C14H17N5OS. The van der Waals surface area contributed by atoms with E-state index in [4.69, 9.17) is 18.0 Å². The van der Waals surface area contributed by atoms with Crippen LogP contribution in [0.25, 0.3) is 0 Å². The lowest BCUT2D eigenvalue weighted by Crippen LogP contribution is -2.26. The van der Waals surface area contributed by atoms with E-state index in [2.05, 4.69) is 15.4 Å². The second kappa shape index (κ2) is 6.01. The summed E-state index contributed by atoms with van der Waals surface area (Å²) in [6, 6.07) is 6.68. The van der Waals surface area contributed by atoms with E-state index in [-0.39, 0.29) is 10.9 Å². The zero-order valence-electron chi connectivity index (χ0n) is 12.1. The van der Waals surface area contributed by atoms with Crippen LogP contribution in [-0.4, -0.2) is 25.7 Å². The summed E-state index contributed by atoms with van der Waals surface area (Å²) in [6.07, 6.45) is 0. The van der Waals surface area contributed by atoms with Crippen molar-refractivity contribution in [2.75, 3.05) is 5.32 Å². The normalized spacial score (nSPS) is 12.0. The van der Waals surface area contributed by atoms with Gasteiger partial charge in [0.05, 0.1) is 5.69 Å². The third kappa shape index (κ3) is 3.25. The molecule has 1 unspecified atom stereocenters. The van der Waals surface area contributed by atoms with Crippen molar-refractivity contribution < 1.29 is 4.79 Å². The topological polar surface area (TPSA) is 85.8 Å². The average molecular weight is 303 g/mol. The van der Waals surface area contributed by atoms with Crippen LogP contribution >= 0.6 is 12.2 Å². The molecule has 7 heteroatoms. The number of nitrogens with one attached hydrogen (secondary N) is 1. The Kier molecular flexibility index (Phi) is 4.32. The Labute approximate surface area is 128 Å². The number of aryl methyl sites for hydroxylation is 2. The number of nitrogens with two attached hydrogens (primary N) is 1. The monoisotopic (exact) mass is 303 g/mol. The number of benzene rings is 1. The van der Waals surface area contributed by atoms with Crippen molar-refractivity contribution in [3.8, 4) is 0 Å². The summed E-state index contributed by atoms with van der Waals surface area (Å²) < 4.78 is 1.59. The third-order valence-corrected chi connectivity index (χ3v) is 3.32. The Morgan fingerprint density at radius 1 is 1.38 bits per heavy atom.